The number of carbonyl (C=O) groups excluding carboxylic acids is 2. The Morgan fingerprint density at radius 1 is 1.12 bits per heavy atom. The molecule has 8 nitrogen and oxygen atoms in total. The number of ether oxygens (including phenoxy) is 1. The number of hydrogen-bond acceptors (Lipinski definition) is 5. The molecule has 0 bridgehead atoms. The summed E-state index contributed by atoms with van der Waals surface area (Å²) in [5.74, 6) is 0.625. The predicted molar refractivity (Wildman–Crippen MR) is 126 cm³/mol. The first-order chi connectivity index (χ1) is 15.9. The van der Waals surface area contributed by atoms with Gasteiger partial charge in [0.05, 0.1) is 30.2 Å². The van der Waals surface area contributed by atoms with Crippen LogP contribution in [-0.2, 0) is 21.1 Å². The standard InChI is InChI=1S/C24H29N3O5S/c1-32-20-12-11-18(14-17(20)13-16-7-3-2-4-8-16)25-22(28)10-6-5-9-21-23-19(15-33(21,30)31)26-24(29)27-23/h2-4,7-8,11-12,14,19,21,23H,5-6,9-10,13,15H2,1H3,(H,25,28)(H2,26,27,29)/t19-,21+,23-/m0/s1. The highest BCUT2D eigenvalue weighted by atomic mass is 32.2. The first-order valence-corrected chi connectivity index (χ1v) is 12.9. The van der Waals surface area contributed by atoms with Gasteiger partial charge >= 0.3 is 6.03 Å². The molecule has 176 valence electrons. The van der Waals surface area contributed by atoms with Crippen molar-refractivity contribution in [1.29, 1.82) is 0 Å². The molecule has 2 aliphatic rings. The van der Waals surface area contributed by atoms with E-state index in [4.69, 9.17) is 4.74 Å². The summed E-state index contributed by atoms with van der Waals surface area (Å²) in [7, 11) is -1.62. The topological polar surface area (TPSA) is 114 Å². The lowest BCUT2D eigenvalue weighted by atomic mass is 10.0. The molecule has 0 saturated carbocycles. The summed E-state index contributed by atoms with van der Waals surface area (Å²) in [6.07, 6.45) is 2.59. The highest BCUT2D eigenvalue weighted by Crippen LogP contribution is 2.29. The van der Waals surface area contributed by atoms with Gasteiger partial charge in [-0.15, -0.1) is 0 Å². The molecule has 0 unspecified atom stereocenters. The number of nitrogens with one attached hydrogen (secondary N) is 3. The van der Waals surface area contributed by atoms with Crippen molar-refractivity contribution in [3.8, 4) is 5.75 Å². The molecule has 2 saturated heterocycles. The Labute approximate surface area is 194 Å². The third-order valence-electron chi connectivity index (χ3n) is 6.27. The van der Waals surface area contributed by atoms with Crippen molar-refractivity contribution in [3.63, 3.8) is 0 Å². The Balaban J connectivity index is 1.28. The maximum Gasteiger partial charge on any atom is 0.315 e. The van der Waals surface area contributed by atoms with Gasteiger partial charge in [0, 0.05) is 24.1 Å². The number of hydrogen-bond donors (Lipinski definition) is 3. The molecule has 0 aliphatic carbocycles. The minimum absolute atomic E-state index is 0.0235. The van der Waals surface area contributed by atoms with E-state index in [0.717, 1.165) is 16.9 Å². The minimum atomic E-state index is -3.25. The molecule has 2 aromatic rings. The highest BCUT2D eigenvalue weighted by molar-refractivity contribution is 7.92. The number of carbonyl (C=O) groups is 2. The number of fused-ring (bicyclic) bond motifs is 1. The van der Waals surface area contributed by atoms with E-state index in [1.807, 2.05) is 48.5 Å². The van der Waals surface area contributed by atoms with E-state index in [1.54, 1.807) is 7.11 Å². The van der Waals surface area contributed by atoms with Crippen LogP contribution in [0.4, 0.5) is 10.5 Å². The van der Waals surface area contributed by atoms with Gasteiger partial charge in [0.25, 0.3) is 0 Å². The molecular weight excluding hydrogens is 442 g/mol. The van der Waals surface area contributed by atoms with Crippen LogP contribution in [0.15, 0.2) is 48.5 Å². The van der Waals surface area contributed by atoms with Crippen molar-refractivity contribution >= 4 is 27.5 Å². The molecular formula is C24H29N3O5S. The molecule has 3 N–H and O–H groups in total. The van der Waals surface area contributed by atoms with Gasteiger partial charge in [-0.2, -0.15) is 0 Å². The maximum absolute atomic E-state index is 12.5. The molecule has 2 fully saturated rings. The summed E-state index contributed by atoms with van der Waals surface area (Å²) >= 11 is 0. The number of sulfone groups is 1. The van der Waals surface area contributed by atoms with E-state index in [0.29, 0.717) is 37.8 Å². The quantitative estimate of drug-likeness (QED) is 0.384. The van der Waals surface area contributed by atoms with Crippen molar-refractivity contribution in [2.45, 2.75) is 49.4 Å². The Kier molecular flexibility index (Phi) is 6.88. The summed E-state index contributed by atoms with van der Waals surface area (Å²) in [6, 6.07) is 14.6. The largest absolute Gasteiger partial charge is 0.496 e. The summed E-state index contributed by atoms with van der Waals surface area (Å²) in [5, 5.41) is 7.72. The van der Waals surface area contributed by atoms with Gasteiger partial charge < -0.3 is 20.7 Å². The molecule has 3 amide bonds. The second-order valence-corrected chi connectivity index (χ2v) is 10.9. The van der Waals surface area contributed by atoms with Crippen LogP contribution in [0.25, 0.3) is 0 Å². The van der Waals surface area contributed by atoms with E-state index in [2.05, 4.69) is 16.0 Å². The van der Waals surface area contributed by atoms with Gasteiger partial charge in [-0.25, -0.2) is 13.2 Å². The lowest BCUT2D eigenvalue weighted by molar-refractivity contribution is -0.116. The maximum atomic E-state index is 12.5. The number of anilines is 1. The first kappa shape index (κ1) is 23.1. The lowest BCUT2D eigenvalue weighted by Crippen LogP contribution is -2.39. The zero-order valence-electron chi connectivity index (χ0n) is 18.5. The molecule has 2 aliphatic heterocycles. The van der Waals surface area contributed by atoms with Crippen molar-refractivity contribution in [1.82, 2.24) is 10.6 Å². The normalized spacial score (nSPS) is 22.8. The van der Waals surface area contributed by atoms with Gasteiger partial charge in [0.1, 0.15) is 5.75 Å². The lowest BCUT2D eigenvalue weighted by Gasteiger charge is -2.16. The van der Waals surface area contributed by atoms with Crippen LogP contribution in [0.3, 0.4) is 0 Å². The van der Waals surface area contributed by atoms with Crippen molar-refractivity contribution in [3.05, 3.63) is 59.7 Å². The Morgan fingerprint density at radius 2 is 1.91 bits per heavy atom. The van der Waals surface area contributed by atoms with E-state index in [9.17, 15) is 18.0 Å². The van der Waals surface area contributed by atoms with Crippen molar-refractivity contribution < 1.29 is 22.7 Å². The molecule has 3 atom stereocenters. The van der Waals surface area contributed by atoms with Gasteiger partial charge in [-0.1, -0.05) is 36.8 Å². The van der Waals surface area contributed by atoms with Crippen molar-refractivity contribution in [2.75, 3.05) is 18.2 Å². The SMILES string of the molecule is COc1ccc(NC(=O)CCCC[C@@H]2[C@H]3NC(=O)N[C@H]3CS2(=O)=O)cc1Cc1ccccc1. The monoisotopic (exact) mass is 471 g/mol. The van der Waals surface area contributed by atoms with E-state index in [1.165, 1.54) is 0 Å². The van der Waals surface area contributed by atoms with E-state index in [-0.39, 0.29) is 29.8 Å². The van der Waals surface area contributed by atoms with E-state index < -0.39 is 15.1 Å². The smallest absolute Gasteiger partial charge is 0.315 e. The van der Waals surface area contributed by atoms with E-state index >= 15 is 0 Å². The molecule has 2 heterocycles. The number of unbranched alkanes of at least 4 members (excludes halogenated alkanes) is 1. The zero-order valence-corrected chi connectivity index (χ0v) is 19.4. The van der Waals surface area contributed by atoms with Crippen molar-refractivity contribution in [2.24, 2.45) is 0 Å². The molecule has 0 aromatic heterocycles. The summed E-state index contributed by atoms with van der Waals surface area (Å²) in [5.41, 5.74) is 2.83. The fraction of sp³-hybridized carbons (Fsp3) is 0.417. The number of amides is 3. The van der Waals surface area contributed by atoms with Crippen LogP contribution in [0.5, 0.6) is 5.75 Å². The first-order valence-electron chi connectivity index (χ1n) is 11.1. The third kappa shape index (κ3) is 5.47. The van der Waals surface area contributed by atoms with Crippen LogP contribution in [0, 0.1) is 0 Å². The second kappa shape index (κ2) is 9.82. The van der Waals surface area contributed by atoms with Gasteiger partial charge in [-0.05, 0) is 36.6 Å². The highest BCUT2D eigenvalue weighted by Gasteiger charge is 2.51. The predicted octanol–water partition coefficient (Wildman–Crippen LogP) is 2.63. The summed E-state index contributed by atoms with van der Waals surface area (Å²) < 4.78 is 30.2. The Hall–Kier alpha value is -3.07. The van der Waals surface area contributed by atoms with Gasteiger partial charge in [-0.3, -0.25) is 4.79 Å². The fourth-order valence-electron chi connectivity index (χ4n) is 4.67. The van der Waals surface area contributed by atoms with Crippen LogP contribution in [-0.4, -0.2) is 50.6 Å². The van der Waals surface area contributed by atoms with Crippen LogP contribution in [0.1, 0.15) is 36.8 Å². The number of urea groups is 1. The zero-order chi connectivity index (χ0) is 23.4. The van der Waals surface area contributed by atoms with Crippen LogP contribution >= 0.6 is 0 Å². The van der Waals surface area contributed by atoms with Gasteiger partial charge in [0.15, 0.2) is 9.84 Å². The number of rotatable bonds is 9. The molecule has 4 rings (SSSR count). The Bertz CT molecular complexity index is 1120. The number of benzene rings is 2. The molecule has 9 heteroatoms. The summed E-state index contributed by atoms with van der Waals surface area (Å²) in [6.45, 7) is 0. The second-order valence-electron chi connectivity index (χ2n) is 8.60. The molecule has 0 spiro atoms. The minimum Gasteiger partial charge on any atom is -0.496 e. The Morgan fingerprint density at radius 3 is 2.67 bits per heavy atom. The fourth-order valence-corrected chi connectivity index (χ4v) is 6.94. The third-order valence-corrected chi connectivity index (χ3v) is 8.54. The summed E-state index contributed by atoms with van der Waals surface area (Å²) in [4.78, 5) is 24.0. The average molecular weight is 472 g/mol. The average Bonchev–Trinajstić information content (AvgIpc) is 3.23. The molecule has 0 radical (unpaired) electrons. The molecule has 2 aromatic carbocycles. The van der Waals surface area contributed by atoms with Crippen LogP contribution in [0.2, 0.25) is 0 Å². The number of methoxy groups -OCH3 is 1. The van der Waals surface area contributed by atoms with Gasteiger partial charge in [0.2, 0.25) is 5.91 Å². The van der Waals surface area contributed by atoms with Crippen LogP contribution < -0.4 is 20.7 Å². The molecule has 33 heavy (non-hydrogen) atoms.